The second-order valence-corrected chi connectivity index (χ2v) is 6.40. The van der Waals surface area contributed by atoms with Crippen molar-refractivity contribution in [3.8, 4) is 11.5 Å². The Morgan fingerprint density at radius 1 is 0.960 bits per heavy atom. The fourth-order valence-corrected chi connectivity index (χ4v) is 2.79. The lowest BCUT2D eigenvalue weighted by Crippen LogP contribution is -2.00. The molecule has 0 amide bonds. The van der Waals surface area contributed by atoms with Crippen LogP contribution in [0.25, 0.3) is 0 Å². The number of aromatic nitrogens is 2. The number of halogens is 1. The van der Waals surface area contributed by atoms with Crippen LogP contribution in [0.5, 0.6) is 11.5 Å². The highest BCUT2D eigenvalue weighted by atomic mass is 79.9. The summed E-state index contributed by atoms with van der Waals surface area (Å²) in [5.41, 5.74) is 2.96. The Bertz CT molecular complexity index is 933. The third-order valence-electron chi connectivity index (χ3n) is 3.73. The maximum atomic E-state index is 5.38. The lowest BCUT2D eigenvalue weighted by molar-refractivity contribution is 0.174. The lowest BCUT2D eigenvalue weighted by Gasteiger charge is -2.10. The van der Waals surface area contributed by atoms with Gasteiger partial charge in [-0.05, 0) is 42.8 Å². The lowest BCUT2D eigenvalue weighted by atomic mass is 10.2. The molecule has 3 aromatic rings. The van der Waals surface area contributed by atoms with Crippen molar-refractivity contribution in [1.29, 1.82) is 0 Å². The van der Waals surface area contributed by atoms with Gasteiger partial charge in [0.15, 0.2) is 11.5 Å². The molecule has 0 unspecified atom stereocenters. The van der Waals surface area contributed by atoms with Crippen LogP contribution in [0.1, 0.15) is 5.56 Å². The highest BCUT2D eigenvalue weighted by Crippen LogP contribution is 2.34. The number of nitrogens with one attached hydrogen (secondary N) is 2. The first kappa shape index (κ1) is 15.7. The molecule has 0 saturated carbocycles. The number of anilines is 4. The van der Waals surface area contributed by atoms with Crippen molar-refractivity contribution >= 4 is 39.1 Å². The van der Waals surface area contributed by atoms with Crippen LogP contribution in [0, 0.1) is 6.92 Å². The summed E-state index contributed by atoms with van der Waals surface area (Å²) in [5, 5.41) is 6.45. The van der Waals surface area contributed by atoms with Crippen LogP contribution >= 0.6 is 15.9 Å². The van der Waals surface area contributed by atoms with E-state index < -0.39 is 0 Å². The van der Waals surface area contributed by atoms with Gasteiger partial charge >= 0.3 is 0 Å². The number of ether oxygens (including phenoxy) is 2. The zero-order valence-electron chi connectivity index (χ0n) is 13.4. The van der Waals surface area contributed by atoms with E-state index in [1.54, 1.807) is 6.20 Å². The Balaban J connectivity index is 1.52. The standard InChI is InChI=1S/C18H15BrN4O2/c1-11-2-3-12(8-14(11)19)21-17-6-7-20-18(23-17)22-13-4-5-15-16(9-13)25-10-24-15/h2-9H,10H2,1H3,(H2,20,21,22,23). The number of hydrogen-bond donors (Lipinski definition) is 2. The van der Waals surface area contributed by atoms with Gasteiger partial charge < -0.3 is 20.1 Å². The number of benzene rings is 2. The van der Waals surface area contributed by atoms with Gasteiger partial charge in [-0.3, -0.25) is 0 Å². The molecule has 0 spiro atoms. The van der Waals surface area contributed by atoms with E-state index in [9.17, 15) is 0 Å². The molecule has 6 nitrogen and oxygen atoms in total. The van der Waals surface area contributed by atoms with Crippen LogP contribution in [-0.4, -0.2) is 16.8 Å². The van der Waals surface area contributed by atoms with Crippen molar-refractivity contribution in [3.05, 3.63) is 58.7 Å². The molecule has 0 fully saturated rings. The predicted octanol–water partition coefficient (Wildman–Crippen LogP) is 4.76. The molecule has 0 saturated heterocycles. The zero-order valence-corrected chi connectivity index (χ0v) is 15.0. The molecular weight excluding hydrogens is 384 g/mol. The quantitative estimate of drug-likeness (QED) is 0.659. The number of rotatable bonds is 4. The Labute approximate surface area is 153 Å². The molecule has 126 valence electrons. The minimum absolute atomic E-state index is 0.251. The third kappa shape index (κ3) is 3.51. The van der Waals surface area contributed by atoms with E-state index in [1.165, 1.54) is 5.56 Å². The molecule has 1 aromatic heterocycles. The highest BCUT2D eigenvalue weighted by molar-refractivity contribution is 9.10. The topological polar surface area (TPSA) is 68.3 Å². The summed E-state index contributed by atoms with van der Waals surface area (Å²) < 4.78 is 11.7. The summed E-state index contributed by atoms with van der Waals surface area (Å²) in [7, 11) is 0. The molecule has 0 bridgehead atoms. The summed E-state index contributed by atoms with van der Waals surface area (Å²) in [4.78, 5) is 8.75. The molecule has 1 aliphatic heterocycles. The third-order valence-corrected chi connectivity index (χ3v) is 4.58. The van der Waals surface area contributed by atoms with Gasteiger partial charge in [0.2, 0.25) is 12.7 Å². The Kier molecular flexibility index (Phi) is 4.15. The van der Waals surface area contributed by atoms with Gasteiger partial charge in [0, 0.05) is 28.1 Å². The van der Waals surface area contributed by atoms with E-state index >= 15 is 0 Å². The fourth-order valence-electron chi connectivity index (χ4n) is 2.41. The molecule has 2 aromatic carbocycles. The SMILES string of the molecule is Cc1ccc(Nc2ccnc(Nc3ccc4c(c3)OCO4)n2)cc1Br. The van der Waals surface area contributed by atoms with Gasteiger partial charge in [-0.2, -0.15) is 4.98 Å². The van der Waals surface area contributed by atoms with E-state index in [1.807, 2.05) is 49.4 Å². The van der Waals surface area contributed by atoms with Crippen molar-refractivity contribution in [1.82, 2.24) is 9.97 Å². The number of fused-ring (bicyclic) bond motifs is 1. The molecule has 4 rings (SSSR count). The average Bonchev–Trinajstić information content (AvgIpc) is 3.06. The van der Waals surface area contributed by atoms with Crippen molar-refractivity contribution in [2.75, 3.05) is 17.4 Å². The second kappa shape index (κ2) is 6.60. The summed E-state index contributed by atoms with van der Waals surface area (Å²) >= 11 is 3.54. The molecule has 2 N–H and O–H groups in total. The van der Waals surface area contributed by atoms with Crippen LogP contribution in [-0.2, 0) is 0 Å². The predicted molar refractivity (Wildman–Crippen MR) is 100 cm³/mol. The molecule has 2 heterocycles. The number of aryl methyl sites for hydroxylation is 1. The van der Waals surface area contributed by atoms with Crippen molar-refractivity contribution < 1.29 is 9.47 Å². The first-order valence-corrected chi connectivity index (χ1v) is 8.49. The monoisotopic (exact) mass is 398 g/mol. The average molecular weight is 399 g/mol. The highest BCUT2D eigenvalue weighted by Gasteiger charge is 2.13. The van der Waals surface area contributed by atoms with Gasteiger partial charge in [-0.15, -0.1) is 0 Å². The van der Waals surface area contributed by atoms with Crippen LogP contribution in [0.3, 0.4) is 0 Å². The molecule has 0 atom stereocenters. The minimum atomic E-state index is 0.251. The molecule has 7 heteroatoms. The van der Waals surface area contributed by atoms with Gasteiger partial charge in [0.25, 0.3) is 0 Å². The first-order chi connectivity index (χ1) is 12.2. The second-order valence-electron chi connectivity index (χ2n) is 5.55. The molecule has 25 heavy (non-hydrogen) atoms. The van der Waals surface area contributed by atoms with E-state index in [0.29, 0.717) is 17.5 Å². The van der Waals surface area contributed by atoms with Gasteiger partial charge in [-0.1, -0.05) is 22.0 Å². The normalized spacial score (nSPS) is 12.1. The summed E-state index contributed by atoms with van der Waals surface area (Å²) in [6.07, 6.45) is 1.70. The largest absolute Gasteiger partial charge is 0.454 e. The fraction of sp³-hybridized carbons (Fsp3) is 0.111. The smallest absolute Gasteiger partial charge is 0.231 e. The van der Waals surface area contributed by atoms with E-state index in [4.69, 9.17) is 9.47 Å². The molecule has 0 radical (unpaired) electrons. The Hall–Kier alpha value is -2.80. The zero-order chi connectivity index (χ0) is 17.2. The van der Waals surface area contributed by atoms with Crippen LogP contribution in [0.2, 0.25) is 0 Å². The van der Waals surface area contributed by atoms with Crippen molar-refractivity contribution in [2.45, 2.75) is 6.92 Å². The van der Waals surface area contributed by atoms with E-state index in [0.717, 1.165) is 21.6 Å². The maximum absolute atomic E-state index is 5.38. The first-order valence-electron chi connectivity index (χ1n) is 7.70. The van der Waals surface area contributed by atoms with Crippen LogP contribution < -0.4 is 20.1 Å². The number of nitrogens with zero attached hydrogens (tertiary/aromatic N) is 2. The minimum Gasteiger partial charge on any atom is -0.454 e. The molecule has 1 aliphatic rings. The van der Waals surface area contributed by atoms with Gasteiger partial charge in [0.05, 0.1) is 0 Å². The van der Waals surface area contributed by atoms with Gasteiger partial charge in [0.1, 0.15) is 5.82 Å². The van der Waals surface area contributed by atoms with E-state index in [-0.39, 0.29) is 6.79 Å². The maximum Gasteiger partial charge on any atom is 0.231 e. The van der Waals surface area contributed by atoms with E-state index in [2.05, 4.69) is 36.5 Å². The Morgan fingerprint density at radius 2 is 1.76 bits per heavy atom. The number of hydrogen-bond acceptors (Lipinski definition) is 6. The van der Waals surface area contributed by atoms with Crippen LogP contribution in [0.15, 0.2) is 53.1 Å². The van der Waals surface area contributed by atoms with Crippen molar-refractivity contribution in [2.24, 2.45) is 0 Å². The summed E-state index contributed by atoms with van der Waals surface area (Å²) in [5.74, 6) is 2.65. The Morgan fingerprint density at radius 3 is 2.64 bits per heavy atom. The summed E-state index contributed by atoms with van der Waals surface area (Å²) in [6.45, 7) is 2.30. The van der Waals surface area contributed by atoms with Crippen molar-refractivity contribution in [3.63, 3.8) is 0 Å². The molecular formula is C18H15BrN4O2. The summed E-state index contributed by atoms with van der Waals surface area (Å²) in [6, 6.07) is 13.5. The van der Waals surface area contributed by atoms with Gasteiger partial charge in [-0.25, -0.2) is 4.98 Å². The molecule has 0 aliphatic carbocycles. The van der Waals surface area contributed by atoms with Crippen LogP contribution in [0.4, 0.5) is 23.1 Å².